The molecule has 2 atom stereocenters. The predicted molar refractivity (Wildman–Crippen MR) is 108 cm³/mol. The zero-order valence-electron chi connectivity index (χ0n) is 16.4. The molecule has 0 unspecified atom stereocenters. The molecule has 0 radical (unpaired) electrons. The molecule has 152 valence electrons. The first-order valence-electron chi connectivity index (χ1n) is 10.2. The zero-order valence-corrected chi connectivity index (χ0v) is 18.0. The lowest BCUT2D eigenvalue weighted by atomic mass is 9.78. The van der Waals surface area contributed by atoms with Crippen molar-refractivity contribution in [1.29, 1.82) is 0 Å². The van der Waals surface area contributed by atoms with Gasteiger partial charge in [-0.25, -0.2) is 8.42 Å². The van der Waals surface area contributed by atoms with Gasteiger partial charge < -0.3 is 9.84 Å². The van der Waals surface area contributed by atoms with E-state index in [-0.39, 0.29) is 17.1 Å². The van der Waals surface area contributed by atoms with Gasteiger partial charge in [-0.05, 0) is 50.7 Å². The van der Waals surface area contributed by atoms with Crippen LogP contribution in [0.3, 0.4) is 0 Å². The van der Waals surface area contributed by atoms with Crippen LogP contribution in [0.25, 0.3) is 0 Å². The number of β-amino-alcohol motifs (C(OH)–C–C–N with tert-alkyl or cyclic N) is 1. The molecule has 2 saturated heterocycles. The second kappa shape index (κ2) is 7.10. The first-order valence-corrected chi connectivity index (χ1v) is 12.8. The SMILES string of the molecule is CCc1cc2c(s1)CCO[C@@]21CCN(CC2(O)CCS(=O)(=O)CC2)[C@@H](C)C1. The van der Waals surface area contributed by atoms with Crippen LogP contribution in [0.5, 0.6) is 0 Å². The number of hydrogen-bond donors (Lipinski definition) is 1. The molecule has 4 rings (SSSR count). The number of fused-ring (bicyclic) bond motifs is 2. The smallest absolute Gasteiger partial charge is 0.150 e. The Kier molecular flexibility index (Phi) is 5.21. The number of nitrogens with zero attached hydrogens (tertiary/aromatic N) is 1. The van der Waals surface area contributed by atoms with E-state index in [4.69, 9.17) is 4.74 Å². The second-order valence-corrected chi connectivity index (χ2v) is 12.2. The molecular weight excluding hydrogens is 382 g/mol. The summed E-state index contributed by atoms with van der Waals surface area (Å²) in [5, 5.41) is 10.9. The third-order valence-corrected chi connectivity index (χ3v) is 9.70. The number of aryl methyl sites for hydroxylation is 1. The van der Waals surface area contributed by atoms with Crippen molar-refractivity contribution in [1.82, 2.24) is 4.90 Å². The lowest BCUT2D eigenvalue weighted by molar-refractivity contribution is -0.122. The number of likely N-dealkylation sites (tertiary alicyclic amines) is 1. The first kappa shape index (κ1) is 19.8. The summed E-state index contributed by atoms with van der Waals surface area (Å²) in [5.41, 5.74) is 0.358. The van der Waals surface area contributed by atoms with E-state index in [1.807, 2.05) is 11.3 Å². The highest BCUT2D eigenvalue weighted by atomic mass is 32.2. The molecule has 3 aliphatic heterocycles. The van der Waals surface area contributed by atoms with E-state index in [2.05, 4.69) is 24.8 Å². The van der Waals surface area contributed by atoms with Gasteiger partial charge in [0.15, 0.2) is 9.84 Å². The molecule has 0 bridgehead atoms. The van der Waals surface area contributed by atoms with Crippen LogP contribution in [0.2, 0.25) is 0 Å². The molecular formula is C20H31NO4S2. The second-order valence-electron chi connectivity index (χ2n) is 8.65. The summed E-state index contributed by atoms with van der Waals surface area (Å²) >= 11 is 1.94. The Labute approximate surface area is 166 Å². The van der Waals surface area contributed by atoms with E-state index in [9.17, 15) is 13.5 Å². The van der Waals surface area contributed by atoms with Crippen molar-refractivity contribution in [2.45, 2.75) is 69.6 Å². The Morgan fingerprint density at radius 3 is 2.74 bits per heavy atom. The van der Waals surface area contributed by atoms with Crippen molar-refractivity contribution in [3.05, 3.63) is 21.4 Å². The molecule has 0 saturated carbocycles. The van der Waals surface area contributed by atoms with Crippen LogP contribution in [0.1, 0.15) is 54.8 Å². The number of thiophene rings is 1. The van der Waals surface area contributed by atoms with Crippen molar-refractivity contribution in [3.8, 4) is 0 Å². The predicted octanol–water partition coefficient (Wildman–Crippen LogP) is 2.50. The van der Waals surface area contributed by atoms with E-state index in [0.717, 1.165) is 38.8 Å². The first-order chi connectivity index (χ1) is 12.7. The number of sulfone groups is 1. The summed E-state index contributed by atoms with van der Waals surface area (Å²) in [5.74, 6) is 0.216. The maximum Gasteiger partial charge on any atom is 0.150 e. The Morgan fingerprint density at radius 1 is 1.33 bits per heavy atom. The Bertz CT molecular complexity index is 789. The fourth-order valence-corrected chi connectivity index (χ4v) is 7.73. The molecule has 27 heavy (non-hydrogen) atoms. The largest absolute Gasteiger partial charge is 0.388 e. The summed E-state index contributed by atoms with van der Waals surface area (Å²) in [6.07, 6.45) is 4.69. The summed E-state index contributed by atoms with van der Waals surface area (Å²) in [7, 11) is -2.96. The number of hydrogen-bond acceptors (Lipinski definition) is 6. The van der Waals surface area contributed by atoms with E-state index < -0.39 is 15.4 Å². The van der Waals surface area contributed by atoms with E-state index in [0.29, 0.717) is 25.4 Å². The van der Waals surface area contributed by atoms with Crippen LogP contribution in [-0.2, 0) is 33.0 Å². The van der Waals surface area contributed by atoms with Gasteiger partial charge in [0.05, 0.1) is 29.3 Å². The maximum absolute atomic E-state index is 11.7. The highest BCUT2D eigenvalue weighted by Crippen LogP contribution is 2.46. The highest BCUT2D eigenvalue weighted by molar-refractivity contribution is 7.91. The van der Waals surface area contributed by atoms with Gasteiger partial charge in [0.2, 0.25) is 0 Å². The fraction of sp³-hybridized carbons (Fsp3) is 0.800. The number of aliphatic hydroxyl groups is 1. The summed E-state index contributed by atoms with van der Waals surface area (Å²) in [4.78, 5) is 5.28. The van der Waals surface area contributed by atoms with Crippen molar-refractivity contribution in [3.63, 3.8) is 0 Å². The molecule has 2 fully saturated rings. The molecule has 3 aliphatic rings. The van der Waals surface area contributed by atoms with Gasteiger partial charge in [-0.1, -0.05) is 6.92 Å². The number of piperidine rings is 1. The van der Waals surface area contributed by atoms with Gasteiger partial charge in [-0.2, -0.15) is 0 Å². The third kappa shape index (κ3) is 3.86. The average Bonchev–Trinajstić information content (AvgIpc) is 3.06. The number of rotatable bonds is 3. The van der Waals surface area contributed by atoms with Crippen molar-refractivity contribution in [2.24, 2.45) is 0 Å². The molecule has 0 amide bonds. The lowest BCUT2D eigenvalue weighted by Crippen LogP contribution is -2.56. The molecule has 5 nitrogen and oxygen atoms in total. The third-order valence-electron chi connectivity index (χ3n) is 6.71. The molecule has 1 N–H and O–H groups in total. The van der Waals surface area contributed by atoms with Crippen molar-refractivity contribution in [2.75, 3.05) is 31.2 Å². The maximum atomic E-state index is 11.7. The molecule has 0 aromatic carbocycles. The summed E-state index contributed by atoms with van der Waals surface area (Å²) in [6, 6.07) is 2.67. The van der Waals surface area contributed by atoms with Crippen LogP contribution >= 0.6 is 11.3 Å². The van der Waals surface area contributed by atoms with Crippen LogP contribution < -0.4 is 0 Å². The monoisotopic (exact) mass is 413 g/mol. The highest BCUT2D eigenvalue weighted by Gasteiger charge is 2.46. The molecule has 0 aliphatic carbocycles. The average molecular weight is 414 g/mol. The fourth-order valence-electron chi connectivity index (χ4n) is 4.96. The van der Waals surface area contributed by atoms with Gasteiger partial charge in [0.25, 0.3) is 0 Å². The van der Waals surface area contributed by atoms with Crippen molar-refractivity contribution < 1.29 is 18.3 Å². The minimum atomic E-state index is -2.96. The van der Waals surface area contributed by atoms with E-state index >= 15 is 0 Å². The normalized spacial score (nSPS) is 33.1. The molecule has 4 heterocycles. The Hall–Kier alpha value is -0.470. The van der Waals surface area contributed by atoms with Crippen molar-refractivity contribution >= 4 is 21.2 Å². The Balaban J connectivity index is 1.47. The van der Waals surface area contributed by atoms with E-state index in [1.54, 1.807) is 0 Å². The van der Waals surface area contributed by atoms with Gasteiger partial charge in [0, 0.05) is 35.3 Å². The van der Waals surface area contributed by atoms with E-state index in [1.165, 1.54) is 15.3 Å². The van der Waals surface area contributed by atoms with Gasteiger partial charge in [-0.3, -0.25) is 4.90 Å². The van der Waals surface area contributed by atoms with Gasteiger partial charge >= 0.3 is 0 Å². The quantitative estimate of drug-likeness (QED) is 0.825. The Morgan fingerprint density at radius 2 is 2.07 bits per heavy atom. The van der Waals surface area contributed by atoms with Crippen LogP contribution in [0, 0.1) is 0 Å². The lowest BCUT2D eigenvalue weighted by Gasteiger charge is -2.49. The molecule has 1 aromatic rings. The van der Waals surface area contributed by atoms with Crippen LogP contribution in [-0.4, -0.2) is 61.3 Å². The minimum Gasteiger partial charge on any atom is -0.388 e. The summed E-state index contributed by atoms with van der Waals surface area (Å²) in [6.45, 7) is 6.67. The van der Waals surface area contributed by atoms with Crippen LogP contribution in [0.15, 0.2) is 6.07 Å². The molecule has 1 spiro atoms. The van der Waals surface area contributed by atoms with Crippen LogP contribution in [0.4, 0.5) is 0 Å². The van der Waals surface area contributed by atoms with Gasteiger partial charge in [-0.15, -0.1) is 11.3 Å². The summed E-state index contributed by atoms with van der Waals surface area (Å²) < 4.78 is 29.8. The molecule has 1 aromatic heterocycles. The minimum absolute atomic E-state index is 0.108. The number of ether oxygens (including phenoxy) is 1. The topological polar surface area (TPSA) is 66.8 Å². The zero-order chi connectivity index (χ0) is 19.3. The molecule has 7 heteroatoms. The standard InChI is InChI=1S/C20H31NO4S2/c1-3-16-12-17-18(26-16)4-9-25-20(17)5-8-21(15(2)13-20)14-19(22)6-10-27(23,24)11-7-19/h12,15,22H,3-11,13-14H2,1-2H3/t15-,20+/m0/s1. The van der Waals surface area contributed by atoms with Gasteiger partial charge in [0.1, 0.15) is 0 Å².